The Labute approximate surface area is 102 Å². The fourth-order valence-electron chi connectivity index (χ4n) is 2.05. The summed E-state index contributed by atoms with van der Waals surface area (Å²) < 4.78 is 11.0. The fourth-order valence-corrected chi connectivity index (χ4v) is 2.05. The van der Waals surface area contributed by atoms with Crippen LogP contribution in [0.25, 0.3) is 0 Å². The third kappa shape index (κ3) is 2.78. The first kappa shape index (κ1) is 12.0. The van der Waals surface area contributed by atoms with Gasteiger partial charge in [-0.15, -0.1) is 0 Å². The van der Waals surface area contributed by atoms with Crippen molar-refractivity contribution < 1.29 is 14.3 Å². The number of hydrogen-bond donors (Lipinski definition) is 0. The van der Waals surface area contributed by atoms with Crippen LogP contribution in [-0.2, 0) is 11.2 Å². The molecule has 1 aromatic carbocycles. The molecular weight excluding hydrogens is 216 g/mol. The number of Topliss-reactive ketones (excluding diaryl/α,β-unsaturated/α-hetero) is 1. The second-order valence-corrected chi connectivity index (χ2v) is 4.95. The first-order chi connectivity index (χ1) is 8.06. The molecule has 1 aromatic rings. The quantitative estimate of drug-likeness (QED) is 0.788. The van der Waals surface area contributed by atoms with Gasteiger partial charge in [0.25, 0.3) is 0 Å². The lowest BCUT2D eigenvalue weighted by molar-refractivity contribution is -0.122. The van der Waals surface area contributed by atoms with Crippen LogP contribution in [0.3, 0.4) is 0 Å². The highest BCUT2D eigenvalue weighted by molar-refractivity contribution is 5.82. The molecule has 0 radical (unpaired) electrons. The third-order valence-electron chi connectivity index (χ3n) is 2.71. The zero-order chi connectivity index (χ0) is 12.4. The zero-order valence-electron chi connectivity index (χ0n) is 10.6. The number of benzene rings is 1. The molecule has 17 heavy (non-hydrogen) atoms. The predicted octanol–water partition coefficient (Wildman–Crippen LogP) is 2.53. The van der Waals surface area contributed by atoms with Crippen molar-refractivity contribution in [1.82, 2.24) is 0 Å². The minimum Gasteiger partial charge on any atom is -0.482 e. The van der Waals surface area contributed by atoms with Crippen LogP contribution in [0.4, 0.5) is 0 Å². The molecule has 0 N–H and O–H groups in total. The predicted molar refractivity (Wildman–Crippen MR) is 65.7 cm³/mol. The summed E-state index contributed by atoms with van der Waals surface area (Å²) in [6.45, 7) is 6.57. The van der Waals surface area contributed by atoms with Crippen LogP contribution in [-0.4, -0.2) is 19.0 Å². The van der Waals surface area contributed by atoms with Gasteiger partial charge >= 0.3 is 0 Å². The van der Waals surface area contributed by atoms with Gasteiger partial charge < -0.3 is 9.47 Å². The van der Waals surface area contributed by atoms with E-state index in [4.69, 9.17) is 9.47 Å². The number of aryl methyl sites for hydroxylation is 1. The van der Waals surface area contributed by atoms with E-state index in [9.17, 15) is 4.79 Å². The van der Waals surface area contributed by atoms with Crippen molar-refractivity contribution in [1.29, 1.82) is 0 Å². The van der Waals surface area contributed by atoms with E-state index in [0.717, 1.165) is 12.0 Å². The average Bonchev–Trinajstić information content (AvgIpc) is 2.40. The molecule has 0 bridgehead atoms. The van der Waals surface area contributed by atoms with Gasteiger partial charge in [-0.1, -0.05) is 19.9 Å². The van der Waals surface area contributed by atoms with Crippen LogP contribution >= 0.6 is 0 Å². The standard InChI is InChI=1S/C14H18O3/c1-9(2)4-11-5-10(3)14-13(6-11)16-7-12(15)8-17-14/h5-6,9H,4,7-8H2,1-3H3. The molecule has 0 atom stereocenters. The topological polar surface area (TPSA) is 35.5 Å². The van der Waals surface area contributed by atoms with Gasteiger partial charge in [0, 0.05) is 0 Å². The summed E-state index contributed by atoms with van der Waals surface area (Å²) in [4.78, 5) is 11.3. The smallest absolute Gasteiger partial charge is 0.207 e. The van der Waals surface area contributed by atoms with Gasteiger partial charge in [-0.25, -0.2) is 0 Å². The maximum atomic E-state index is 11.3. The van der Waals surface area contributed by atoms with Gasteiger partial charge in [0.1, 0.15) is 0 Å². The van der Waals surface area contributed by atoms with E-state index >= 15 is 0 Å². The summed E-state index contributed by atoms with van der Waals surface area (Å²) in [5.74, 6) is 1.99. The first-order valence-corrected chi connectivity index (χ1v) is 5.97. The summed E-state index contributed by atoms with van der Waals surface area (Å²) in [7, 11) is 0. The molecule has 0 saturated heterocycles. The Hall–Kier alpha value is -1.51. The van der Waals surface area contributed by atoms with Crippen LogP contribution in [0.15, 0.2) is 12.1 Å². The summed E-state index contributed by atoms with van der Waals surface area (Å²) in [6.07, 6.45) is 1.01. The maximum Gasteiger partial charge on any atom is 0.207 e. The number of hydrogen-bond acceptors (Lipinski definition) is 3. The molecule has 0 amide bonds. The lowest BCUT2D eigenvalue weighted by atomic mass is 10.0. The van der Waals surface area contributed by atoms with Gasteiger partial charge in [0.05, 0.1) is 0 Å². The number of fused-ring (bicyclic) bond motifs is 1. The van der Waals surface area contributed by atoms with E-state index in [1.165, 1.54) is 5.56 Å². The highest BCUT2D eigenvalue weighted by atomic mass is 16.5. The van der Waals surface area contributed by atoms with E-state index in [-0.39, 0.29) is 19.0 Å². The third-order valence-corrected chi connectivity index (χ3v) is 2.71. The average molecular weight is 234 g/mol. The second-order valence-electron chi connectivity index (χ2n) is 4.95. The molecule has 3 heteroatoms. The van der Waals surface area contributed by atoms with Gasteiger partial charge in [0.2, 0.25) is 5.78 Å². The summed E-state index contributed by atoms with van der Waals surface area (Å²) in [5, 5.41) is 0. The molecule has 0 spiro atoms. The number of ketones is 1. The number of carbonyl (C=O) groups excluding carboxylic acids is 1. The van der Waals surface area contributed by atoms with Crippen LogP contribution < -0.4 is 9.47 Å². The molecule has 1 heterocycles. The van der Waals surface area contributed by atoms with Crippen molar-refractivity contribution in [3.8, 4) is 11.5 Å². The fraction of sp³-hybridized carbons (Fsp3) is 0.500. The van der Waals surface area contributed by atoms with E-state index < -0.39 is 0 Å². The Morgan fingerprint density at radius 3 is 2.65 bits per heavy atom. The van der Waals surface area contributed by atoms with Crippen molar-refractivity contribution in [2.45, 2.75) is 27.2 Å². The van der Waals surface area contributed by atoms with Crippen LogP contribution in [0.1, 0.15) is 25.0 Å². The lowest BCUT2D eigenvalue weighted by Crippen LogP contribution is -2.15. The Bertz CT molecular complexity index is 435. The van der Waals surface area contributed by atoms with Gasteiger partial charge in [-0.05, 0) is 36.5 Å². The largest absolute Gasteiger partial charge is 0.482 e. The maximum absolute atomic E-state index is 11.3. The van der Waals surface area contributed by atoms with E-state index in [1.807, 2.05) is 13.0 Å². The molecule has 0 unspecified atom stereocenters. The lowest BCUT2D eigenvalue weighted by Gasteiger charge is -2.13. The zero-order valence-corrected chi connectivity index (χ0v) is 10.6. The molecule has 0 aromatic heterocycles. The monoisotopic (exact) mass is 234 g/mol. The number of rotatable bonds is 2. The molecule has 1 aliphatic heterocycles. The molecular formula is C14H18O3. The van der Waals surface area contributed by atoms with Gasteiger partial charge in [0.15, 0.2) is 24.7 Å². The van der Waals surface area contributed by atoms with Crippen molar-refractivity contribution in [3.05, 3.63) is 23.3 Å². The Balaban J connectivity index is 2.33. The van der Waals surface area contributed by atoms with Crippen molar-refractivity contribution in [2.24, 2.45) is 5.92 Å². The molecule has 2 rings (SSSR count). The number of carbonyl (C=O) groups is 1. The highest BCUT2D eigenvalue weighted by Gasteiger charge is 2.18. The Morgan fingerprint density at radius 1 is 1.24 bits per heavy atom. The normalized spacial score (nSPS) is 14.9. The first-order valence-electron chi connectivity index (χ1n) is 5.97. The SMILES string of the molecule is Cc1cc(CC(C)C)cc2c1OCC(=O)CO2. The molecule has 0 saturated carbocycles. The van der Waals surface area contributed by atoms with Crippen LogP contribution in [0, 0.1) is 12.8 Å². The minimum atomic E-state index is -0.0222. The number of ether oxygens (including phenoxy) is 2. The molecule has 0 aliphatic carbocycles. The molecule has 1 aliphatic rings. The van der Waals surface area contributed by atoms with Gasteiger partial charge in [-0.3, -0.25) is 4.79 Å². The van der Waals surface area contributed by atoms with Crippen LogP contribution in [0.2, 0.25) is 0 Å². The summed E-state index contributed by atoms with van der Waals surface area (Å²) >= 11 is 0. The van der Waals surface area contributed by atoms with Crippen molar-refractivity contribution in [2.75, 3.05) is 13.2 Å². The summed E-state index contributed by atoms with van der Waals surface area (Å²) in [5.41, 5.74) is 2.27. The van der Waals surface area contributed by atoms with E-state index in [1.54, 1.807) is 0 Å². The second kappa shape index (κ2) is 4.78. The van der Waals surface area contributed by atoms with E-state index in [0.29, 0.717) is 17.4 Å². The van der Waals surface area contributed by atoms with Crippen LogP contribution in [0.5, 0.6) is 11.5 Å². The highest BCUT2D eigenvalue weighted by Crippen LogP contribution is 2.34. The van der Waals surface area contributed by atoms with Gasteiger partial charge in [-0.2, -0.15) is 0 Å². The van der Waals surface area contributed by atoms with Crippen molar-refractivity contribution >= 4 is 5.78 Å². The van der Waals surface area contributed by atoms with E-state index in [2.05, 4.69) is 19.9 Å². The van der Waals surface area contributed by atoms with Crippen molar-refractivity contribution in [3.63, 3.8) is 0 Å². The summed E-state index contributed by atoms with van der Waals surface area (Å²) in [6, 6.07) is 4.10. The molecule has 0 fully saturated rings. The Morgan fingerprint density at radius 2 is 1.94 bits per heavy atom. The molecule has 3 nitrogen and oxygen atoms in total. The Kier molecular flexibility index (Phi) is 3.36. The minimum absolute atomic E-state index is 0.0222. The molecule has 92 valence electrons.